The van der Waals surface area contributed by atoms with Gasteiger partial charge in [0, 0.05) is 31.1 Å². The lowest BCUT2D eigenvalue weighted by atomic mass is 9.94. The van der Waals surface area contributed by atoms with E-state index in [-0.39, 0.29) is 11.6 Å². The van der Waals surface area contributed by atoms with Gasteiger partial charge >= 0.3 is 0 Å². The van der Waals surface area contributed by atoms with Gasteiger partial charge in [0.15, 0.2) is 0 Å². The van der Waals surface area contributed by atoms with Crippen LogP contribution in [-0.2, 0) is 11.3 Å². The molecular formula is C21H27N5O3. The molecule has 0 saturated carbocycles. The number of hydrogen-bond donors (Lipinski definition) is 3. The van der Waals surface area contributed by atoms with E-state index < -0.39 is 11.0 Å². The number of nitrogens with zero attached hydrogens (tertiary/aromatic N) is 2. The first-order chi connectivity index (χ1) is 14.1. The fourth-order valence-electron chi connectivity index (χ4n) is 3.54. The number of amides is 1. The van der Waals surface area contributed by atoms with Crippen LogP contribution < -0.4 is 16.0 Å². The maximum atomic E-state index is 12.9. The van der Waals surface area contributed by atoms with Crippen LogP contribution in [0.2, 0.25) is 0 Å². The maximum Gasteiger partial charge on any atom is 0.269 e. The number of rotatable bonds is 9. The van der Waals surface area contributed by atoms with E-state index in [9.17, 15) is 14.9 Å². The van der Waals surface area contributed by atoms with Crippen molar-refractivity contribution in [3.05, 3.63) is 70.0 Å². The third-order valence-corrected chi connectivity index (χ3v) is 5.28. The quantitative estimate of drug-likeness (QED) is 0.443. The Labute approximate surface area is 170 Å². The zero-order valence-corrected chi connectivity index (χ0v) is 16.3. The number of aromatic nitrogens is 1. The smallest absolute Gasteiger partial charge is 0.269 e. The minimum absolute atomic E-state index is 0.0133. The number of carbonyl (C=O) groups is 1. The Hall–Kier alpha value is -2.84. The van der Waals surface area contributed by atoms with Crippen molar-refractivity contribution in [1.29, 1.82) is 0 Å². The summed E-state index contributed by atoms with van der Waals surface area (Å²) in [5.74, 6) is 0.502. The molecule has 0 spiro atoms. The topological polar surface area (TPSA) is 109 Å². The Kier molecular flexibility index (Phi) is 7.66. The van der Waals surface area contributed by atoms with Crippen molar-refractivity contribution in [3.63, 3.8) is 0 Å². The summed E-state index contributed by atoms with van der Waals surface area (Å²) in [4.78, 5) is 27.3. The molecule has 29 heavy (non-hydrogen) atoms. The highest BCUT2D eigenvalue weighted by Gasteiger charge is 2.22. The van der Waals surface area contributed by atoms with E-state index in [1.54, 1.807) is 24.5 Å². The molecule has 1 fully saturated rings. The predicted molar refractivity (Wildman–Crippen MR) is 110 cm³/mol. The average molecular weight is 397 g/mol. The van der Waals surface area contributed by atoms with Crippen LogP contribution >= 0.6 is 0 Å². The molecule has 0 radical (unpaired) electrons. The van der Waals surface area contributed by atoms with Crippen molar-refractivity contribution < 1.29 is 9.72 Å². The first-order valence-electron chi connectivity index (χ1n) is 9.98. The number of nitro benzene ring substituents is 1. The van der Waals surface area contributed by atoms with Crippen LogP contribution in [0.1, 0.15) is 36.4 Å². The van der Waals surface area contributed by atoms with Crippen molar-refractivity contribution in [2.75, 3.05) is 19.6 Å². The Morgan fingerprint density at radius 1 is 1.17 bits per heavy atom. The standard InChI is InChI=1S/C21H27N5O3/c27-21(25-15-17-7-12-23-13-8-17)20(18-1-3-19(4-2-18)26(28)29)24-14-9-16-5-10-22-11-6-16/h1-4,7-8,12-13,16,20,22,24H,5-6,9-11,14-15H2,(H,25,27). The van der Waals surface area contributed by atoms with Gasteiger partial charge in [-0.15, -0.1) is 0 Å². The average Bonchev–Trinajstić information content (AvgIpc) is 2.76. The summed E-state index contributed by atoms with van der Waals surface area (Å²) >= 11 is 0. The van der Waals surface area contributed by atoms with E-state index in [4.69, 9.17) is 0 Å². The highest BCUT2D eigenvalue weighted by atomic mass is 16.6. The summed E-state index contributed by atoms with van der Waals surface area (Å²) in [6.45, 7) is 3.21. The lowest BCUT2D eigenvalue weighted by Gasteiger charge is -2.24. The van der Waals surface area contributed by atoms with Crippen molar-refractivity contribution in [2.45, 2.75) is 31.8 Å². The fraction of sp³-hybridized carbons (Fsp3) is 0.429. The number of non-ortho nitro benzene ring substituents is 1. The highest BCUT2D eigenvalue weighted by molar-refractivity contribution is 5.83. The van der Waals surface area contributed by atoms with E-state index in [1.165, 1.54) is 12.1 Å². The summed E-state index contributed by atoms with van der Waals surface area (Å²) in [6.07, 6.45) is 6.68. The van der Waals surface area contributed by atoms with Gasteiger partial charge in [-0.05, 0) is 68.1 Å². The molecule has 2 aromatic rings. The molecule has 0 aliphatic carbocycles. The molecule has 1 atom stereocenters. The number of nitro groups is 1. The number of pyridine rings is 1. The molecule has 1 aliphatic heterocycles. The highest BCUT2D eigenvalue weighted by Crippen LogP contribution is 2.20. The van der Waals surface area contributed by atoms with Gasteiger partial charge in [0.1, 0.15) is 6.04 Å². The van der Waals surface area contributed by atoms with E-state index in [0.29, 0.717) is 18.0 Å². The van der Waals surface area contributed by atoms with Gasteiger partial charge in [-0.25, -0.2) is 0 Å². The zero-order valence-electron chi connectivity index (χ0n) is 16.3. The van der Waals surface area contributed by atoms with Gasteiger partial charge in [0.05, 0.1) is 4.92 Å². The number of piperidine rings is 1. The first kappa shape index (κ1) is 20.9. The third-order valence-electron chi connectivity index (χ3n) is 5.28. The molecule has 2 heterocycles. The summed E-state index contributed by atoms with van der Waals surface area (Å²) in [5.41, 5.74) is 1.69. The van der Waals surface area contributed by atoms with Gasteiger partial charge in [0.25, 0.3) is 5.69 Å². The molecule has 154 valence electrons. The molecule has 1 aromatic heterocycles. The second-order valence-corrected chi connectivity index (χ2v) is 7.29. The molecule has 0 bridgehead atoms. The summed E-state index contributed by atoms with van der Waals surface area (Å²) in [6, 6.07) is 9.31. The molecule has 8 heteroatoms. The molecule has 8 nitrogen and oxygen atoms in total. The van der Waals surface area contributed by atoms with E-state index >= 15 is 0 Å². The van der Waals surface area contributed by atoms with Gasteiger partial charge < -0.3 is 16.0 Å². The minimum atomic E-state index is -0.556. The summed E-state index contributed by atoms with van der Waals surface area (Å²) in [7, 11) is 0. The Balaban J connectivity index is 1.64. The van der Waals surface area contributed by atoms with Crippen molar-refractivity contribution in [3.8, 4) is 0 Å². The minimum Gasteiger partial charge on any atom is -0.350 e. The van der Waals surface area contributed by atoms with Crippen LogP contribution in [-0.4, -0.2) is 35.4 Å². The molecule has 3 rings (SSSR count). The Morgan fingerprint density at radius 3 is 2.52 bits per heavy atom. The molecule has 1 aliphatic rings. The number of benzene rings is 1. The normalized spacial score (nSPS) is 15.6. The number of nitrogens with one attached hydrogen (secondary N) is 3. The fourth-order valence-corrected chi connectivity index (χ4v) is 3.54. The van der Waals surface area contributed by atoms with Crippen LogP contribution in [0.5, 0.6) is 0 Å². The number of hydrogen-bond acceptors (Lipinski definition) is 6. The lowest BCUT2D eigenvalue weighted by Crippen LogP contribution is -2.38. The summed E-state index contributed by atoms with van der Waals surface area (Å²) in [5, 5.41) is 20.6. The van der Waals surface area contributed by atoms with E-state index in [0.717, 1.165) is 44.5 Å². The van der Waals surface area contributed by atoms with Crippen LogP contribution in [0.15, 0.2) is 48.8 Å². The van der Waals surface area contributed by atoms with Crippen LogP contribution in [0, 0.1) is 16.0 Å². The van der Waals surface area contributed by atoms with E-state index in [2.05, 4.69) is 20.9 Å². The molecule has 1 unspecified atom stereocenters. The monoisotopic (exact) mass is 397 g/mol. The molecule has 1 saturated heterocycles. The van der Waals surface area contributed by atoms with Crippen LogP contribution in [0.25, 0.3) is 0 Å². The number of carbonyl (C=O) groups excluding carboxylic acids is 1. The van der Waals surface area contributed by atoms with Crippen LogP contribution in [0.4, 0.5) is 5.69 Å². The van der Waals surface area contributed by atoms with Crippen molar-refractivity contribution >= 4 is 11.6 Å². The van der Waals surface area contributed by atoms with Crippen molar-refractivity contribution in [2.24, 2.45) is 5.92 Å². The second kappa shape index (κ2) is 10.6. The van der Waals surface area contributed by atoms with E-state index in [1.807, 2.05) is 12.1 Å². The van der Waals surface area contributed by atoms with Gasteiger partial charge in [-0.3, -0.25) is 19.9 Å². The van der Waals surface area contributed by atoms with Crippen molar-refractivity contribution in [1.82, 2.24) is 20.9 Å². The third kappa shape index (κ3) is 6.33. The Morgan fingerprint density at radius 2 is 1.86 bits per heavy atom. The SMILES string of the molecule is O=C(NCc1ccncc1)C(NCCC1CCNCC1)c1ccc([N+](=O)[O-])cc1. The second-order valence-electron chi connectivity index (χ2n) is 7.29. The van der Waals surface area contributed by atoms with Gasteiger partial charge in [-0.1, -0.05) is 12.1 Å². The molecule has 3 N–H and O–H groups in total. The molecular weight excluding hydrogens is 370 g/mol. The first-order valence-corrected chi connectivity index (χ1v) is 9.98. The molecule has 1 aromatic carbocycles. The molecule has 1 amide bonds. The Bertz CT molecular complexity index is 792. The van der Waals surface area contributed by atoms with Gasteiger partial charge in [-0.2, -0.15) is 0 Å². The predicted octanol–water partition coefficient (Wildman–Crippen LogP) is 2.33. The van der Waals surface area contributed by atoms with Gasteiger partial charge in [0.2, 0.25) is 5.91 Å². The maximum absolute atomic E-state index is 12.9. The summed E-state index contributed by atoms with van der Waals surface area (Å²) < 4.78 is 0. The largest absolute Gasteiger partial charge is 0.350 e. The zero-order chi connectivity index (χ0) is 20.5. The van der Waals surface area contributed by atoms with Crippen LogP contribution in [0.3, 0.4) is 0 Å². The lowest BCUT2D eigenvalue weighted by molar-refractivity contribution is -0.384.